The summed E-state index contributed by atoms with van der Waals surface area (Å²) in [6.45, 7) is 8.23. The van der Waals surface area contributed by atoms with Gasteiger partial charge in [-0.05, 0) is 45.4 Å². The zero-order chi connectivity index (χ0) is 30.1. The van der Waals surface area contributed by atoms with Crippen molar-refractivity contribution < 1.29 is 27.9 Å². The number of imidazole rings is 1. The molecule has 42 heavy (non-hydrogen) atoms. The van der Waals surface area contributed by atoms with Crippen LogP contribution in [-0.4, -0.2) is 46.4 Å². The summed E-state index contributed by atoms with van der Waals surface area (Å²) in [6.07, 6.45) is 2.50. The minimum absolute atomic E-state index is 0.00615. The number of aromatic nitrogens is 3. The molecule has 0 bridgehead atoms. The van der Waals surface area contributed by atoms with Crippen molar-refractivity contribution in [1.82, 2.24) is 19.6 Å². The van der Waals surface area contributed by atoms with Crippen LogP contribution in [0.25, 0.3) is 21.9 Å². The van der Waals surface area contributed by atoms with E-state index in [1.165, 1.54) is 0 Å². The minimum atomic E-state index is -4.07. The number of fused-ring (bicyclic) bond motifs is 3. The van der Waals surface area contributed by atoms with Gasteiger partial charge in [-0.1, -0.05) is 56.2 Å². The van der Waals surface area contributed by atoms with Crippen LogP contribution in [0.3, 0.4) is 0 Å². The number of benzene rings is 2. The number of rotatable bonds is 16. The average Bonchev–Trinajstić information content (AvgIpc) is 3.37. The SMILES string of the molecule is CCCC[C@@H](CO[P@@](=O)(N[C@@H](C)C(=O)OCC)Oc1ccccc1)n1c(COCC)nc2c(N)nc3ccccc3c21. The van der Waals surface area contributed by atoms with E-state index in [0.29, 0.717) is 35.9 Å². The van der Waals surface area contributed by atoms with Gasteiger partial charge in [-0.3, -0.25) is 9.32 Å². The standard InChI is InChI=1S/C30H40N5O6P/c1-5-8-14-22(19-40-42(37,34-21(4)30(36)39-7-3)41-23-15-10-9-11-16-23)35-26(20-38-6-2)33-27-28(35)24-17-12-13-18-25(24)32-29(27)31/h9-13,15-18,21-22H,5-8,14,19-20H2,1-4H3,(H2,31,32)(H,34,37)/t21-,22-,42-/m0/s1. The summed E-state index contributed by atoms with van der Waals surface area (Å²) < 4.78 is 39.2. The molecule has 0 spiro atoms. The number of nitrogen functional groups attached to an aromatic ring is 1. The molecule has 226 valence electrons. The minimum Gasteiger partial charge on any atom is -0.465 e. The lowest BCUT2D eigenvalue weighted by atomic mass is 10.1. The van der Waals surface area contributed by atoms with Crippen LogP contribution >= 0.6 is 7.75 Å². The maximum absolute atomic E-state index is 14.2. The number of para-hydroxylation sites is 2. The number of hydrogen-bond acceptors (Lipinski definition) is 9. The summed E-state index contributed by atoms with van der Waals surface area (Å²) in [4.78, 5) is 21.8. The number of carbonyl (C=O) groups excluding carboxylic acids is 1. The molecule has 2 heterocycles. The van der Waals surface area contributed by atoms with E-state index in [1.54, 1.807) is 38.1 Å². The molecule has 4 rings (SSSR count). The number of nitrogens with zero attached hydrogens (tertiary/aromatic N) is 3. The van der Waals surface area contributed by atoms with Crippen molar-refractivity contribution in [3.05, 3.63) is 60.4 Å². The van der Waals surface area contributed by atoms with Crippen LogP contribution in [0, 0.1) is 0 Å². The molecule has 0 fully saturated rings. The zero-order valence-electron chi connectivity index (χ0n) is 24.6. The number of esters is 1. The largest absolute Gasteiger partial charge is 0.465 e. The van der Waals surface area contributed by atoms with Crippen LogP contribution in [0.1, 0.15) is 58.8 Å². The Kier molecular flexibility index (Phi) is 10.9. The molecule has 2 aromatic heterocycles. The monoisotopic (exact) mass is 597 g/mol. The Labute approximate surface area is 246 Å². The highest BCUT2D eigenvalue weighted by atomic mass is 31.2. The Morgan fingerprint density at radius 1 is 1.05 bits per heavy atom. The molecule has 11 nitrogen and oxygen atoms in total. The molecular weight excluding hydrogens is 557 g/mol. The topological polar surface area (TPSA) is 140 Å². The molecule has 0 aliphatic carbocycles. The van der Waals surface area contributed by atoms with Gasteiger partial charge in [0.1, 0.15) is 29.7 Å². The highest BCUT2D eigenvalue weighted by Gasteiger charge is 2.34. The highest BCUT2D eigenvalue weighted by Crippen LogP contribution is 2.46. The maximum atomic E-state index is 14.2. The first-order valence-electron chi connectivity index (χ1n) is 14.4. The van der Waals surface area contributed by atoms with Crippen molar-refractivity contribution >= 4 is 41.5 Å². The third kappa shape index (κ3) is 7.46. The van der Waals surface area contributed by atoms with Crippen molar-refractivity contribution in [3.8, 4) is 5.75 Å². The highest BCUT2D eigenvalue weighted by molar-refractivity contribution is 7.52. The molecule has 3 N–H and O–H groups in total. The second kappa shape index (κ2) is 14.6. The lowest BCUT2D eigenvalue weighted by Gasteiger charge is -2.27. The molecular formula is C30H40N5O6P. The second-order valence-electron chi connectivity index (χ2n) is 9.84. The van der Waals surface area contributed by atoms with E-state index in [9.17, 15) is 9.36 Å². The molecule has 0 unspecified atom stereocenters. The predicted octanol–water partition coefficient (Wildman–Crippen LogP) is 6.18. The summed E-state index contributed by atoms with van der Waals surface area (Å²) in [6, 6.07) is 15.2. The van der Waals surface area contributed by atoms with E-state index in [1.807, 2.05) is 37.3 Å². The average molecular weight is 598 g/mol. The van der Waals surface area contributed by atoms with Gasteiger partial charge in [-0.25, -0.2) is 14.5 Å². The first-order chi connectivity index (χ1) is 20.3. The molecule has 0 saturated carbocycles. The predicted molar refractivity (Wildman–Crippen MR) is 163 cm³/mol. The fraction of sp³-hybridized carbons (Fsp3) is 0.433. The van der Waals surface area contributed by atoms with E-state index in [4.69, 9.17) is 29.2 Å². The van der Waals surface area contributed by atoms with Gasteiger partial charge in [0.05, 0.1) is 30.3 Å². The van der Waals surface area contributed by atoms with Crippen LogP contribution < -0.4 is 15.3 Å². The van der Waals surface area contributed by atoms with Gasteiger partial charge < -0.3 is 24.3 Å². The molecule has 2 aromatic carbocycles. The summed E-state index contributed by atoms with van der Waals surface area (Å²) in [5.41, 5.74) is 8.51. The Bertz CT molecular complexity index is 1530. The first kappa shape index (κ1) is 31.4. The van der Waals surface area contributed by atoms with E-state index in [0.717, 1.165) is 29.3 Å². The van der Waals surface area contributed by atoms with E-state index >= 15 is 0 Å². The molecule has 12 heteroatoms. The fourth-order valence-corrected chi connectivity index (χ4v) is 6.26. The zero-order valence-corrected chi connectivity index (χ0v) is 25.5. The smallest absolute Gasteiger partial charge is 0.459 e. The van der Waals surface area contributed by atoms with Crippen molar-refractivity contribution in [2.75, 3.05) is 25.6 Å². The van der Waals surface area contributed by atoms with Crippen molar-refractivity contribution in [3.63, 3.8) is 0 Å². The number of anilines is 1. The van der Waals surface area contributed by atoms with Crippen LogP contribution in [0.2, 0.25) is 0 Å². The third-order valence-corrected chi connectivity index (χ3v) is 8.36. The van der Waals surface area contributed by atoms with Crippen molar-refractivity contribution in [2.45, 2.75) is 65.6 Å². The van der Waals surface area contributed by atoms with Crippen molar-refractivity contribution in [1.29, 1.82) is 0 Å². The molecule has 0 saturated heterocycles. The van der Waals surface area contributed by atoms with Crippen LogP contribution in [0.15, 0.2) is 54.6 Å². The van der Waals surface area contributed by atoms with Gasteiger partial charge in [0.2, 0.25) is 0 Å². The van der Waals surface area contributed by atoms with Gasteiger partial charge in [0.25, 0.3) is 0 Å². The quantitative estimate of drug-likeness (QED) is 0.114. The number of unbranched alkanes of at least 4 members (excludes halogenated alkanes) is 1. The summed E-state index contributed by atoms with van der Waals surface area (Å²) >= 11 is 0. The van der Waals surface area contributed by atoms with Crippen molar-refractivity contribution in [2.24, 2.45) is 0 Å². The lowest BCUT2D eigenvalue weighted by molar-refractivity contribution is -0.144. The molecule has 0 amide bonds. The van der Waals surface area contributed by atoms with Gasteiger partial charge in [0, 0.05) is 12.0 Å². The van der Waals surface area contributed by atoms with E-state index in [2.05, 4.69) is 21.6 Å². The maximum Gasteiger partial charge on any atom is 0.459 e. The van der Waals surface area contributed by atoms with Crippen LogP contribution in [-0.2, 0) is 30.0 Å². The Balaban J connectivity index is 1.77. The van der Waals surface area contributed by atoms with Gasteiger partial charge in [-0.2, -0.15) is 5.09 Å². The van der Waals surface area contributed by atoms with Crippen LogP contribution in [0.5, 0.6) is 5.75 Å². The van der Waals surface area contributed by atoms with E-state index in [-0.39, 0.29) is 25.9 Å². The van der Waals surface area contributed by atoms with Gasteiger partial charge >= 0.3 is 13.7 Å². The summed E-state index contributed by atoms with van der Waals surface area (Å²) in [5, 5.41) is 3.65. The van der Waals surface area contributed by atoms with Crippen LogP contribution in [0.4, 0.5) is 5.82 Å². The molecule has 0 aliphatic heterocycles. The molecule has 0 aliphatic rings. The molecule has 3 atom stereocenters. The number of nitrogens with one attached hydrogen (secondary N) is 1. The summed E-state index contributed by atoms with van der Waals surface area (Å²) in [7, 11) is -4.07. The first-order valence-corrected chi connectivity index (χ1v) is 15.9. The number of nitrogens with two attached hydrogens (primary N) is 1. The Hall–Kier alpha value is -3.50. The number of hydrogen-bond donors (Lipinski definition) is 2. The normalized spacial score (nSPS) is 14.5. The van der Waals surface area contributed by atoms with E-state index < -0.39 is 19.8 Å². The summed E-state index contributed by atoms with van der Waals surface area (Å²) in [5.74, 6) is 0.755. The molecule has 4 aromatic rings. The second-order valence-corrected chi connectivity index (χ2v) is 11.5. The number of ether oxygens (including phenoxy) is 2. The Morgan fingerprint density at radius 2 is 1.79 bits per heavy atom. The molecule has 0 radical (unpaired) electrons. The lowest BCUT2D eigenvalue weighted by Crippen LogP contribution is -2.35. The third-order valence-electron chi connectivity index (χ3n) is 6.72. The Morgan fingerprint density at radius 3 is 2.50 bits per heavy atom. The van der Waals surface area contributed by atoms with Gasteiger partial charge in [0.15, 0.2) is 5.82 Å². The van der Waals surface area contributed by atoms with Gasteiger partial charge in [-0.15, -0.1) is 0 Å². The fourth-order valence-electron chi connectivity index (χ4n) is 4.74. The number of pyridine rings is 1. The number of carbonyl (C=O) groups is 1.